The molecule has 0 spiro atoms. The molecule has 0 rings (SSSR count). The Balaban J connectivity index is -0.000000204. The fourth-order valence-electron chi connectivity index (χ4n) is 1.10. The zero-order chi connectivity index (χ0) is 13.7. The van der Waals surface area contributed by atoms with E-state index >= 15 is 0 Å². The van der Waals surface area contributed by atoms with Crippen molar-refractivity contribution >= 4 is 14.1 Å². The van der Waals surface area contributed by atoms with E-state index in [1.807, 2.05) is 6.92 Å². The summed E-state index contributed by atoms with van der Waals surface area (Å²) in [6.45, 7) is 5.65. The van der Waals surface area contributed by atoms with Gasteiger partial charge in [0.1, 0.15) is 0 Å². The molecule has 0 amide bonds. The molecule has 0 aromatic rings. The first kappa shape index (κ1) is 28.1. The summed E-state index contributed by atoms with van der Waals surface area (Å²) in [4.78, 5) is 19.5. The summed E-state index contributed by atoms with van der Waals surface area (Å²) >= 11 is 0. The van der Waals surface area contributed by atoms with Crippen molar-refractivity contribution in [3.05, 3.63) is 7.43 Å². The average Bonchev–Trinajstić information content (AvgIpc) is 2.28. The van der Waals surface area contributed by atoms with E-state index in [-0.39, 0.29) is 52.7 Å². The van der Waals surface area contributed by atoms with Crippen LogP contribution in [0.1, 0.15) is 46.5 Å². The smallest absolute Gasteiger partial charge is 0.267 e. The molecule has 0 aliphatic carbocycles. The first-order valence-corrected chi connectivity index (χ1v) is 7.19. The van der Waals surface area contributed by atoms with E-state index in [0.29, 0.717) is 0 Å². The topological polar surface area (TPSA) is 75.7 Å². The maximum absolute atomic E-state index is 10.8. The van der Waals surface area contributed by atoms with Gasteiger partial charge in [-0.05, 0) is 12.3 Å². The van der Waals surface area contributed by atoms with Gasteiger partial charge in [0.2, 0.25) is 0 Å². The van der Waals surface area contributed by atoms with Crippen molar-refractivity contribution in [2.75, 3.05) is 13.7 Å². The molecule has 0 aliphatic rings. The SMILES string of the molecule is CCCCCC(C)COP(=O)([O-])OC.C[C-]=O.[CH3-].[Y]. The maximum atomic E-state index is 10.8. The van der Waals surface area contributed by atoms with Crippen LogP contribution in [0.5, 0.6) is 0 Å². The first-order chi connectivity index (χ1) is 7.93. The van der Waals surface area contributed by atoms with Crippen molar-refractivity contribution < 1.29 is 56.0 Å². The van der Waals surface area contributed by atoms with Crippen molar-refractivity contribution in [3.63, 3.8) is 0 Å². The van der Waals surface area contributed by atoms with Crippen LogP contribution in [0.25, 0.3) is 0 Å². The van der Waals surface area contributed by atoms with Gasteiger partial charge in [0.05, 0.1) is 6.61 Å². The molecule has 0 aromatic heterocycles. The van der Waals surface area contributed by atoms with Gasteiger partial charge in [-0.15, -0.1) is 0 Å². The van der Waals surface area contributed by atoms with Gasteiger partial charge in [-0.2, -0.15) is 6.92 Å². The molecule has 115 valence electrons. The van der Waals surface area contributed by atoms with E-state index in [1.54, 1.807) is 0 Å². The van der Waals surface area contributed by atoms with Crippen LogP contribution in [0, 0.1) is 13.3 Å². The average molecular weight is 370 g/mol. The number of hydrogen-bond donors (Lipinski definition) is 0. The van der Waals surface area contributed by atoms with Crippen molar-refractivity contribution in [1.29, 1.82) is 0 Å². The van der Waals surface area contributed by atoms with Crippen LogP contribution in [0.15, 0.2) is 0 Å². The Kier molecular flexibility index (Phi) is 27.9. The van der Waals surface area contributed by atoms with Gasteiger partial charge in [0.25, 0.3) is 7.82 Å². The molecule has 5 nitrogen and oxygen atoms in total. The molecule has 19 heavy (non-hydrogen) atoms. The summed E-state index contributed by atoms with van der Waals surface area (Å²) in [6, 6.07) is 0. The van der Waals surface area contributed by atoms with Gasteiger partial charge in [-0.3, -0.25) is 10.9 Å². The quantitative estimate of drug-likeness (QED) is 0.373. The summed E-state index contributed by atoms with van der Waals surface area (Å²) in [6.07, 6.45) is 5.98. The summed E-state index contributed by atoms with van der Waals surface area (Å²) in [5.41, 5.74) is 0. The van der Waals surface area contributed by atoms with Crippen LogP contribution in [-0.2, 0) is 51.1 Å². The van der Waals surface area contributed by atoms with Gasteiger partial charge in [0, 0.05) is 39.8 Å². The zero-order valence-electron chi connectivity index (χ0n) is 12.7. The van der Waals surface area contributed by atoms with Gasteiger partial charge < -0.3 is 26.2 Å². The van der Waals surface area contributed by atoms with Crippen LogP contribution in [0.3, 0.4) is 0 Å². The molecular formula is C12H26O5PY-3. The van der Waals surface area contributed by atoms with Gasteiger partial charge in [-0.1, -0.05) is 33.1 Å². The molecule has 1 radical (unpaired) electrons. The Morgan fingerprint density at radius 1 is 1.37 bits per heavy atom. The molecular weight excluding hydrogens is 344 g/mol. The van der Waals surface area contributed by atoms with Crippen molar-refractivity contribution in [3.8, 4) is 0 Å². The van der Waals surface area contributed by atoms with Crippen molar-refractivity contribution in [2.45, 2.75) is 46.5 Å². The number of phosphoric ester groups is 1. The minimum Gasteiger partial charge on any atom is -0.756 e. The van der Waals surface area contributed by atoms with Crippen LogP contribution >= 0.6 is 7.82 Å². The van der Waals surface area contributed by atoms with Gasteiger partial charge in [0.15, 0.2) is 0 Å². The van der Waals surface area contributed by atoms with Crippen molar-refractivity contribution in [2.24, 2.45) is 5.92 Å². The summed E-state index contributed by atoms with van der Waals surface area (Å²) in [5.74, 6) is 0.263. The van der Waals surface area contributed by atoms with Gasteiger partial charge in [-0.25, -0.2) is 0 Å². The Labute approximate surface area is 143 Å². The number of rotatable bonds is 8. The summed E-state index contributed by atoms with van der Waals surface area (Å²) < 4.78 is 19.7. The molecule has 2 atom stereocenters. The predicted octanol–water partition coefficient (Wildman–Crippen LogP) is 2.90. The largest absolute Gasteiger partial charge is 0.756 e. The maximum Gasteiger partial charge on any atom is 0.267 e. The van der Waals surface area contributed by atoms with Crippen LogP contribution in [-0.4, -0.2) is 20.0 Å². The number of phosphoric acid groups is 1. The second-order valence-electron chi connectivity index (χ2n) is 3.73. The molecule has 0 heterocycles. The Morgan fingerprint density at radius 3 is 2.21 bits per heavy atom. The van der Waals surface area contributed by atoms with Crippen LogP contribution < -0.4 is 4.89 Å². The molecule has 0 aromatic carbocycles. The number of carbonyl (C=O) groups excluding carboxylic acids is 1. The van der Waals surface area contributed by atoms with Crippen LogP contribution in [0.2, 0.25) is 0 Å². The van der Waals surface area contributed by atoms with Crippen molar-refractivity contribution in [1.82, 2.24) is 0 Å². The zero-order valence-corrected chi connectivity index (χ0v) is 16.4. The molecule has 2 unspecified atom stereocenters. The molecule has 7 heteroatoms. The second-order valence-corrected chi connectivity index (χ2v) is 5.25. The molecule has 0 aliphatic heterocycles. The first-order valence-electron chi connectivity index (χ1n) is 5.73. The molecule has 0 N–H and O–H groups in total. The summed E-state index contributed by atoms with van der Waals surface area (Å²) in [5, 5.41) is 0. The summed E-state index contributed by atoms with van der Waals surface area (Å²) in [7, 11) is -2.91. The van der Waals surface area contributed by atoms with Crippen LogP contribution in [0.4, 0.5) is 0 Å². The van der Waals surface area contributed by atoms with E-state index in [4.69, 9.17) is 4.79 Å². The third-order valence-electron chi connectivity index (χ3n) is 2.04. The molecule has 0 fully saturated rings. The fourth-order valence-corrected chi connectivity index (χ4v) is 1.64. The second kappa shape index (κ2) is 18.9. The number of unbranched alkanes of at least 4 members (excludes halogenated alkanes) is 2. The van der Waals surface area contributed by atoms with E-state index < -0.39 is 7.82 Å². The van der Waals surface area contributed by atoms with E-state index in [0.717, 1.165) is 20.0 Å². The normalized spacial score (nSPS) is 13.7. The third-order valence-corrected chi connectivity index (χ3v) is 2.95. The van der Waals surface area contributed by atoms with E-state index in [1.165, 1.54) is 26.1 Å². The minimum absolute atomic E-state index is 0. The Morgan fingerprint density at radius 2 is 1.84 bits per heavy atom. The Bertz CT molecular complexity index is 226. The minimum atomic E-state index is -4.02. The number of hydrogen-bond acceptors (Lipinski definition) is 5. The standard InChI is InChI=1S/C9H21O4P.C2H3O.CH3.Y/c1-4-5-6-7-9(2)8-13-14(10,11)12-3;1-2-3;;/h9H,4-8H2,1-3H3,(H,10,11);1H3;1H3;/q;2*-1;/p-1. The molecule has 0 saturated carbocycles. The van der Waals surface area contributed by atoms with E-state index in [9.17, 15) is 9.46 Å². The molecule has 0 saturated heterocycles. The van der Waals surface area contributed by atoms with Gasteiger partial charge >= 0.3 is 0 Å². The van der Waals surface area contributed by atoms with E-state index in [2.05, 4.69) is 16.0 Å². The molecule has 0 bridgehead atoms. The monoisotopic (exact) mass is 370 g/mol. The Hall–Kier alpha value is 0.884. The predicted molar refractivity (Wildman–Crippen MR) is 71.7 cm³/mol. The third kappa shape index (κ3) is 24.3. The fraction of sp³-hybridized carbons (Fsp3) is 0.833.